The van der Waals surface area contributed by atoms with E-state index in [1.807, 2.05) is 13.0 Å². The molecule has 0 bridgehead atoms. The molecule has 0 aliphatic carbocycles. The molecule has 25 heavy (non-hydrogen) atoms. The standard InChI is InChI=1S/C16H11Br2NO6/c1-9-4-11(17)6-13(18)16(9)24-8-15(21)25-14-3-2-12(19(22)23)5-10(14)7-20/h2-7H,8H2,1H3. The van der Waals surface area contributed by atoms with Gasteiger partial charge in [0.1, 0.15) is 11.5 Å². The lowest BCUT2D eigenvalue weighted by molar-refractivity contribution is -0.384. The molecule has 0 unspecified atom stereocenters. The zero-order chi connectivity index (χ0) is 18.6. The Morgan fingerprint density at radius 2 is 2.00 bits per heavy atom. The van der Waals surface area contributed by atoms with Gasteiger partial charge in [0.25, 0.3) is 5.69 Å². The molecule has 9 heteroatoms. The van der Waals surface area contributed by atoms with Gasteiger partial charge in [-0.2, -0.15) is 0 Å². The first kappa shape index (κ1) is 19.1. The monoisotopic (exact) mass is 471 g/mol. The summed E-state index contributed by atoms with van der Waals surface area (Å²) in [5.74, 6) is -0.327. The van der Waals surface area contributed by atoms with Crippen molar-refractivity contribution in [3.05, 3.63) is 60.5 Å². The third-order valence-electron chi connectivity index (χ3n) is 3.08. The maximum atomic E-state index is 11.9. The first-order valence-corrected chi connectivity index (χ1v) is 8.43. The molecule has 2 aromatic carbocycles. The van der Waals surface area contributed by atoms with Crippen LogP contribution in [0.15, 0.2) is 39.3 Å². The number of carbonyl (C=O) groups excluding carboxylic acids is 2. The third kappa shape index (κ3) is 4.86. The Hall–Kier alpha value is -2.26. The van der Waals surface area contributed by atoms with E-state index in [0.717, 1.165) is 22.2 Å². The Morgan fingerprint density at radius 3 is 2.60 bits per heavy atom. The van der Waals surface area contributed by atoms with E-state index in [0.29, 0.717) is 16.5 Å². The average Bonchev–Trinajstić information content (AvgIpc) is 2.53. The van der Waals surface area contributed by atoms with Crippen molar-refractivity contribution in [1.82, 2.24) is 0 Å². The molecule has 0 saturated heterocycles. The minimum absolute atomic E-state index is 0.0687. The number of hydrogen-bond donors (Lipinski definition) is 0. The Bertz CT molecular complexity index is 830. The Balaban J connectivity index is 2.08. The van der Waals surface area contributed by atoms with Crippen LogP contribution in [0.1, 0.15) is 15.9 Å². The number of nitro benzene ring substituents is 1. The van der Waals surface area contributed by atoms with E-state index in [1.54, 1.807) is 6.07 Å². The van der Waals surface area contributed by atoms with Crippen LogP contribution < -0.4 is 9.47 Å². The summed E-state index contributed by atoms with van der Waals surface area (Å²) < 4.78 is 12.0. The number of nitrogens with zero attached hydrogens (tertiary/aromatic N) is 1. The smallest absolute Gasteiger partial charge is 0.349 e. The number of nitro groups is 1. The van der Waals surface area contributed by atoms with E-state index in [1.165, 1.54) is 6.07 Å². The van der Waals surface area contributed by atoms with Crippen LogP contribution in [0.25, 0.3) is 0 Å². The fraction of sp³-hybridized carbons (Fsp3) is 0.125. The van der Waals surface area contributed by atoms with Crippen LogP contribution in [0, 0.1) is 17.0 Å². The molecule has 0 saturated carbocycles. The van der Waals surface area contributed by atoms with Crippen LogP contribution in [0.5, 0.6) is 11.5 Å². The number of benzene rings is 2. The van der Waals surface area contributed by atoms with E-state index < -0.39 is 17.5 Å². The third-order valence-corrected chi connectivity index (χ3v) is 4.13. The average molecular weight is 473 g/mol. The number of rotatable bonds is 6. The second-order valence-corrected chi connectivity index (χ2v) is 6.66. The van der Waals surface area contributed by atoms with Crippen LogP contribution in [0.2, 0.25) is 0 Å². The molecule has 0 amide bonds. The number of halogens is 2. The number of aldehydes is 1. The number of aryl methyl sites for hydroxylation is 1. The molecule has 0 radical (unpaired) electrons. The minimum Gasteiger partial charge on any atom is -0.480 e. The second-order valence-electron chi connectivity index (χ2n) is 4.89. The van der Waals surface area contributed by atoms with Gasteiger partial charge < -0.3 is 9.47 Å². The van der Waals surface area contributed by atoms with Crippen molar-refractivity contribution in [3.63, 3.8) is 0 Å². The molecule has 0 spiro atoms. The first-order chi connectivity index (χ1) is 11.8. The maximum Gasteiger partial charge on any atom is 0.349 e. The fourth-order valence-electron chi connectivity index (χ4n) is 1.99. The zero-order valence-corrected chi connectivity index (χ0v) is 16.0. The van der Waals surface area contributed by atoms with Gasteiger partial charge in [-0.15, -0.1) is 0 Å². The SMILES string of the molecule is Cc1cc(Br)cc(Br)c1OCC(=O)Oc1ccc([N+](=O)[O-])cc1C=O. The molecular weight excluding hydrogens is 462 g/mol. The van der Waals surface area contributed by atoms with Crippen LogP contribution in [-0.2, 0) is 4.79 Å². The van der Waals surface area contributed by atoms with Gasteiger partial charge >= 0.3 is 5.97 Å². The molecule has 0 atom stereocenters. The van der Waals surface area contributed by atoms with Crippen molar-refractivity contribution in [2.45, 2.75) is 6.92 Å². The van der Waals surface area contributed by atoms with Crippen molar-refractivity contribution in [2.24, 2.45) is 0 Å². The van der Waals surface area contributed by atoms with Gasteiger partial charge in [0.05, 0.1) is 15.0 Å². The Morgan fingerprint density at radius 1 is 1.28 bits per heavy atom. The normalized spacial score (nSPS) is 10.2. The molecule has 130 valence electrons. The van der Waals surface area contributed by atoms with E-state index in [4.69, 9.17) is 9.47 Å². The number of esters is 1. The van der Waals surface area contributed by atoms with Gasteiger partial charge in [-0.1, -0.05) is 15.9 Å². The maximum absolute atomic E-state index is 11.9. The summed E-state index contributed by atoms with van der Waals surface area (Å²) in [5.41, 5.74) is 0.439. The summed E-state index contributed by atoms with van der Waals surface area (Å²) in [6.45, 7) is 1.42. The zero-order valence-electron chi connectivity index (χ0n) is 12.8. The van der Waals surface area contributed by atoms with E-state index >= 15 is 0 Å². The number of hydrogen-bond acceptors (Lipinski definition) is 6. The predicted molar refractivity (Wildman–Crippen MR) is 96.2 cm³/mol. The molecule has 0 aromatic heterocycles. The molecule has 0 aliphatic rings. The van der Waals surface area contributed by atoms with Crippen LogP contribution >= 0.6 is 31.9 Å². The quantitative estimate of drug-likeness (QED) is 0.205. The van der Waals surface area contributed by atoms with Crippen LogP contribution in [-0.4, -0.2) is 23.8 Å². The summed E-state index contributed by atoms with van der Waals surface area (Å²) in [6.07, 6.45) is 0.381. The molecule has 0 fully saturated rings. The summed E-state index contributed by atoms with van der Waals surface area (Å²) in [7, 11) is 0. The molecule has 7 nitrogen and oxygen atoms in total. The number of non-ortho nitro benzene ring substituents is 1. The molecule has 2 rings (SSSR count). The van der Waals surface area contributed by atoms with Gasteiger partial charge in [-0.05, 0) is 46.6 Å². The van der Waals surface area contributed by atoms with Gasteiger partial charge in [-0.3, -0.25) is 14.9 Å². The lowest BCUT2D eigenvalue weighted by Gasteiger charge is -2.12. The molecule has 2 aromatic rings. The van der Waals surface area contributed by atoms with Gasteiger partial charge in [-0.25, -0.2) is 4.79 Å². The Kier molecular flexibility index (Phi) is 6.27. The molecule has 0 heterocycles. The minimum atomic E-state index is -0.744. The van der Waals surface area contributed by atoms with Crippen LogP contribution in [0.3, 0.4) is 0 Å². The molecule has 0 N–H and O–H groups in total. The highest BCUT2D eigenvalue weighted by Crippen LogP contribution is 2.32. The topological polar surface area (TPSA) is 95.7 Å². The van der Waals surface area contributed by atoms with Gasteiger partial charge in [0.2, 0.25) is 0 Å². The fourth-order valence-corrected chi connectivity index (χ4v) is 3.54. The van der Waals surface area contributed by atoms with E-state index in [9.17, 15) is 19.7 Å². The van der Waals surface area contributed by atoms with E-state index in [2.05, 4.69) is 31.9 Å². The molecular formula is C16H11Br2NO6. The van der Waals surface area contributed by atoms with Crippen molar-refractivity contribution in [2.75, 3.05) is 6.61 Å². The van der Waals surface area contributed by atoms with Crippen molar-refractivity contribution in [1.29, 1.82) is 0 Å². The van der Waals surface area contributed by atoms with E-state index in [-0.39, 0.29) is 17.0 Å². The van der Waals surface area contributed by atoms with Gasteiger partial charge in [0.15, 0.2) is 12.9 Å². The predicted octanol–water partition coefficient (Wildman–Crippen LogP) is 4.23. The van der Waals surface area contributed by atoms with Crippen molar-refractivity contribution >= 4 is 49.8 Å². The van der Waals surface area contributed by atoms with Crippen molar-refractivity contribution < 1.29 is 24.0 Å². The highest BCUT2D eigenvalue weighted by molar-refractivity contribution is 9.11. The highest BCUT2D eigenvalue weighted by Gasteiger charge is 2.16. The summed E-state index contributed by atoms with van der Waals surface area (Å²) in [4.78, 5) is 33.0. The molecule has 0 aliphatic heterocycles. The lowest BCUT2D eigenvalue weighted by Crippen LogP contribution is -2.19. The first-order valence-electron chi connectivity index (χ1n) is 6.84. The lowest BCUT2D eigenvalue weighted by atomic mass is 10.2. The Labute approximate surface area is 159 Å². The summed E-state index contributed by atoms with van der Waals surface area (Å²) >= 11 is 6.69. The number of ether oxygens (including phenoxy) is 2. The highest BCUT2D eigenvalue weighted by atomic mass is 79.9. The largest absolute Gasteiger partial charge is 0.480 e. The number of carbonyl (C=O) groups is 2. The summed E-state index contributed by atoms with van der Waals surface area (Å²) in [5, 5.41) is 10.7. The second kappa shape index (κ2) is 8.21. The van der Waals surface area contributed by atoms with Crippen molar-refractivity contribution in [3.8, 4) is 11.5 Å². The summed E-state index contributed by atoms with van der Waals surface area (Å²) in [6, 6.07) is 6.97. The van der Waals surface area contributed by atoms with Gasteiger partial charge in [0, 0.05) is 16.6 Å². The van der Waals surface area contributed by atoms with Crippen LogP contribution in [0.4, 0.5) is 5.69 Å².